The van der Waals surface area contributed by atoms with Crippen LogP contribution in [0.15, 0.2) is 54.0 Å². The zero-order valence-corrected chi connectivity index (χ0v) is 21.9. The monoisotopic (exact) mass is 441 g/mol. The molecule has 31 heavy (non-hydrogen) atoms. The lowest BCUT2D eigenvalue weighted by molar-refractivity contribution is 0.541. The molecule has 172 valence electrons. The maximum Gasteiger partial charge on any atom is 0.0660 e. The Bertz CT molecular complexity index is 789. The minimum atomic E-state index is 0.412. The number of benzene rings is 2. The molecule has 0 aliphatic carbocycles. The number of allylic oxidation sites excluding steroid dienone is 1. The summed E-state index contributed by atoms with van der Waals surface area (Å²) in [6.45, 7) is 20.8. The van der Waals surface area contributed by atoms with Gasteiger partial charge in [0.1, 0.15) is 0 Å². The molecule has 0 spiro atoms. The van der Waals surface area contributed by atoms with E-state index in [1.165, 1.54) is 29.5 Å². The highest BCUT2D eigenvalue weighted by atomic mass is 35.5. The lowest BCUT2D eigenvalue weighted by Crippen LogP contribution is -2.01. The summed E-state index contributed by atoms with van der Waals surface area (Å²) in [4.78, 5) is 4.28. The van der Waals surface area contributed by atoms with Crippen molar-refractivity contribution in [2.75, 3.05) is 0 Å². The molecule has 0 saturated carbocycles. The Labute approximate surface area is 197 Å². The number of rotatable bonds is 7. The smallest absolute Gasteiger partial charge is 0.0660 e. The zero-order valence-electron chi connectivity index (χ0n) is 21.1. The van der Waals surface area contributed by atoms with E-state index < -0.39 is 0 Å². The lowest BCUT2D eigenvalue weighted by Gasteiger charge is -2.09. The van der Waals surface area contributed by atoms with Crippen molar-refractivity contribution in [3.63, 3.8) is 0 Å². The van der Waals surface area contributed by atoms with Crippen LogP contribution in [-0.2, 0) is 6.42 Å². The van der Waals surface area contributed by atoms with E-state index in [2.05, 4.69) is 95.6 Å². The lowest BCUT2D eigenvalue weighted by atomic mass is 10.1. The molecule has 0 fully saturated rings. The van der Waals surface area contributed by atoms with Crippen molar-refractivity contribution in [3.05, 3.63) is 71.3 Å². The molecule has 2 heteroatoms. The molecular formula is C29H44ClN. The fraction of sp³-hybridized carbons (Fsp3) is 0.483. The molecule has 2 aromatic carbocycles. The molecular weight excluding hydrogens is 398 g/mol. The van der Waals surface area contributed by atoms with Gasteiger partial charge in [0.25, 0.3) is 0 Å². The van der Waals surface area contributed by atoms with E-state index in [1.54, 1.807) is 0 Å². The first-order valence-corrected chi connectivity index (χ1v) is 12.0. The highest BCUT2D eigenvalue weighted by Crippen LogP contribution is 2.23. The molecule has 0 bridgehead atoms. The third kappa shape index (κ3) is 13.9. The summed E-state index contributed by atoms with van der Waals surface area (Å²) < 4.78 is 0. The molecule has 0 N–H and O–H groups in total. The van der Waals surface area contributed by atoms with Gasteiger partial charge in [-0.25, -0.2) is 0 Å². The average molecular weight is 442 g/mol. The molecule has 2 aromatic rings. The van der Waals surface area contributed by atoms with E-state index in [0.717, 1.165) is 35.6 Å². The van der Waals surface area contributed by atoms with Crippen molar-refractivity contribution in [3.8, 4) is 0 Å². The second-order valence-electron chi connectivity index (χ2n) is 8.53. The third-order valence-corrected chi connectivity index (χ3v) is 5.19. The van der Waals surface area contributed by atoms with Crippen molar-refractivity contribution in [1.29, 1.82) is 0 Å². The van der Waals surface area contributed by atoms with E-state index in [4.69, 9.17) is 11.6 Å². The van der Waals surface area contributed by atoms with Gasteiger partial charge in [0.15, 0.2) is 0 Å². The van der Waals surface area contributed by atoms with Gasteiger partial charge in [-0.1, -0.05) is 88.2 Å². The summed E-state index contributed by atoms with van der Waals surface area (Å²) >= 11 is 5.98. The number of hydrogen-bond acceptors (Lipinski definition) is 1. The Hall–Kier alpha value is -1.86. The second kappa shape index (κ2) is 16.8. The van der Waals surface area contributed by atoms with Crippen LogP contribution in [0, 0.1) is 19.8 Å². The molecule has 0 heterocycles. The summed E-state index contributed by atoms with van der Waals surface area (Å²) in [5, 5.41) is 0.412. The summed E-state index contributed by atoms with van der Waals surface area (Å²) in [6.07, 6.45) is 6.49. The van der Waals surface area contributed by atoms with Gasteiger partial charge in [-0.15, -0.1) is 11.6 Å². The number of alkyl halides is 1. The van der Waals surface area contributed by atoms with Crippen LogP contribution in [0.2, 0.25) is 0 Å². The highest BCUT2D eigenvalue weighted by Gasteiger charge is 2.04. The minimum Gasteiger partial charge on any atom is -0.261 e. The van der Waals surface area contributed by atoms with Crippen LogP contribution in [0.4, 0.5) is 5.69 Å². The zero-order chi connectivity index (χ0) is 23.8. The molecule has 0 radical (unpaired) electrons. The van der Waals surface area contributed by atoms with Crippen molar-refractivity contribution in [1.82, 2.24) is 0 Å². The first-order chi connectivity index (χ1) is 14.6. The number of aliphatic imine (C=N–C) groups is 1. The molecule has 1 nitrogen and oxygen atoms in total. The van der Waals surface area contributed by atoms with Crippen molar-refractivity contribution in [2.24, 2.45) is 10.9 Å². The Morgan fingerprint density at radius 3 is 2.23 bits per heavy atom. The van der Waals surface area contributed by atoms with Crippen molar-refractivity contribution in [2.45, 2.75) is 86.5 Å². The Kier molecular flexibility index (Phi) is 15.8. The van der Waals surface area contributed by atoms with Crippen LogP contribution in [0.3, 0.4) is 0 Å². The summed E-state index contributed by atoms with van der Waals surface area (Å²) in [5.74, 6) is 0.749. The van der Waals surface area contributed by atoms with E-state index in [9.17, 15) is 0 Å². The standard InChI is InChI=1S/C12H15N.C9H12.C8H17Cl/c1-5-13-12-8-11(9(2)3)7-6-10(12)4;1-3-9-6-4-5-8(2)7-9;1-4-5-8(9)6-7(2)3/h5-8H,2H2,1,3-4H3;4-7H,3H2,1-2H3;7-8H,4-6H2,1-3H3. The quantitative estimate of drug-likeness (QED) is 0.299. The fourth-order valence-corrected chi connectivity index (χ4v) is 3.60. The van der Waals surface area contributed by atoms with Crippen LogP contribution in [-0.4, -0.2) is 11.6 Å². The third-order valence-electron chi connectivity index (χ3n) is 4.79. The number of nitrogens with zero attached hydrogens (tertiary/aromatic N) is 1. The first kappa shape index (κ1) is 29.1. The van der Waals surface area contributed by atoms with Gasteiger partial charge in [-0.05, 0) is 75.6 Å². The van der Waals surface area contributed by atoms with E-state index in [1.807, 2.05) is 20.1 Å². The highest BCUT2D eigenvalue weighted by molar-refractivity contribution is 6.20. The first-order valence-electron chi connectivity index (χ1n) is 11.6. The predicted octanol–water partition coefficient (Wildman–Crippen LogP) is 9.75. The maximum absolute atomic E-state index is 5.98. The van der Waals surface area contributed by atoms with E-state index in [0.29, 0.717) is 5.38 Å². The van der Waals surface area contributed by atoms with Gasteiger partial charge in [-0.2, -0.15) is 0 Å². The largest absolute Gasteiger partial charge is 0.261 e. The summed E-state index contributed by atoms with van der Waals surface area (Å²) in [6, 6.07) is 14.8. The molecule has 2 rings (SSSR count). The topological polar surface area (TPSA) is 12.4 Å². The molecule has 0 saturated heterocycles. The Morgan fingerprint density at radius 2 is 1.77 bits per heavy atom. The van der Waals surface area contributed by atoms with Gasteiger partial charge in [-0.3, -0.25) is 4.99 Å². The van der Waals surface area contributed by atoms with Gasteiger partial charge >= 0.3 is 0 Å². The molecule has 0 amide bonds. The van der Waals surface area contributed by atoms with Gasteiger partial charge in [0.05, 0.1) is 5.69 Å². The number of hydrogen-bond donors (Lipinski definition) is 0. The minimum absolute atomic E-state index is 0.412. The van der Waals surface area contributed by atoms with Crippen LogP contribution in [0.1, 0.15) is 83.1 Å². The van der Waals surface area contributed by atoms with Crippen LogP contribution < -0.4 is 0 Å². The van der Waals surface area contributed by atoms with Crippen molar-refractivity contribution < 1.29 is 0 Å². The van der Waals surface area contributed by atoms with Crippen molar-refractivity contribution >= 4 is 29.1 Å². The number of aryl methyl sites for hydroxylation is 3. The van der Waals surface area contributed by atoms with Gasteiger partial charge in [0, 0.05) is 11.6 Å². The maximum atomic E-state index is 5.98. The number of halogens is 1. The Morgan fingerprint density at radius 1 is 1.10 bits per heavy atom. The van der Waals surface area contributed by atoms with Crippen LogP contribution in [0.5, 0.6) is 0 Å². The van der Waals surface area contributed by atoms with E-state index in [-0.39, 0.29) is 0 Å². The van der Waals surface area contributed by atoms with Gasteiger partial charge < -0.3 is 0 Å². The van der Waals surface area contributed by atoms with Gasteiger partial charge in [0.2, 0.25) is 0 Å². The van der Waals surface area contributed by atoms with Crippen LogP contribution in [0.25, 0.3) is 5.57 Å². The fourth-order valence-electron chi connectivity index (χ4n) is 3.03. The molecule has 1 unspecified atom stereocenters. The molecule has 1 atom stereocenters. The molecule has 0 aliphatic rings. The summed E-state index contributed by atoms with van der Waals surface area (Å²) in [7, 11) is 0. The van der Waals surface area contributed by atoms with Crippen LogP contribution >= 0.6 is 11.6 Å². The molecule has 0 aromatic heterocycles. The van der Waals surface area contributed by atoms with E-state index >= 15 is 0 Å². The predicted molar refractivity (Wildman–Crippen MR) is 144 cm³/mol. The Balaban J connectivity index is 0.000000448. The summed E-state index contributed by atoms with van der Waals surface area (Å²) in [5.41, 5.74) is 7.24. The SMILES string of the molecule is C=C(C)c1ccc(C)c(N=CC)c1.CCCC(Cl)CC(C)C.CCc1cccc(C)c1. The average Bonchev–Trinajstić information content (AvgIpc) is 2.70. The second-order valence-corrected chi connectivity index (χ2v) is 9.14. The molecule has 0 aliphatic heterocycles. The normalized spacial score (nSPS) is 11.4.